The lowest BCUT2D eigenvalue weighted by Crippen LogP contribution is -2.06. The normalized spacial score (nSPS) is 11.4. The Morgan fingerprint density at radius 3 is 1.88 bits per heavy atom. The van der Waals surface area contributed by atoms with Crippen LogP contribution in [0.3, 0.4) is 0 Å². The zero-order valence-electron chi connectivity index (χ0n) is 13.9. The van der Waals surface area contributed by atoms with Crippen LogP contribution in [0.5, 0.6) is 0 Å². The molecule has 0 saturated heterocycles. The Labute approximate surface area is 143 Å². The summed E-state index contributed by atoms with van der Waals surface area (Å²) < 4.78 is 20.0. The standard InChI is InChI=1S/C17H27O6P/c18-17(16-12-8-7-9-13-16)22-14-10-5-3-1-2-4-6-11-15-23-24(19,20)21/h7-9,12-13H,1-6,10-11,14-15H2,(H2,19,20,21). The highest BCUT2D eigenvalue weighted by Crippen LogP contribution is 2.35. The molecule has 0 aliphatic rings. The summed E-state index contributed by atoms with van der Waals surface area (Å²) in [5, 5.41) is 0. The van der Waals surface area contributed by atoms with Crippen molar-refractivity contribution in [2.75, 3.05) is 13.2 Å². The van der Waals surface area contributed by atoms with Crippen LogP contribution in [0.2, 0.25) is 0 Å². The number of hydrogen-bond donors (Lipinski definition) is 2. The van der Waals surface area contributed by atoms with Crippen LogP contribution in [-0.2, 0) is 13.8 Å². The van der Waals surface area contributed by atoms with Gasteiger partial charge in [-0.05, 0) is 25.0 Å². The van der Waals surface area contributed by atoms with E-state index in [1.54, 1.807) is 12.1 Å². The van der Waals surface area contributed by atoms with Gasteiger partial charge in [0, 0.05) is 0 Å². The van der Waals surface area contributed by atoms with Crippen molar-refractivity contribution in [1.82, 2.24) is 0 Å². The van der Waals surface area contributed by atoms with E-state index < -0.39 is 7.82 Å². The quantitative estimate of drug-likeness (QED) is 0.314. The smallest absolute Gasteiger partial charge is 0.462 e. The Kier molecular flexibility index (Phi) is 10.6. The molecule has 0 unspecified atom stereocenters. The summed E-state index contributed by atoms with van der Waals surface area (Å²) in [7, 11) is -4.31. The van der Waals surface area contributed by atoms with E-state index in [0.717, 1.165) is 44.9 Å². The molecule has 0 radical (unpaired) electrons. The molecule has 0 atom stereocenters. The molecule has 24 heavy (non-hydrogen) atoms. The first-order valence-electron chi connectivity index (χ1n) is 8.41. The van der Waals surface area contributed by atoms with Gasteiger partial charge in [0.15, 0.2) is 0 Å². The van der Waals surface area contributed by atoms with Crippen molar-refractivity contribution in [3.8, 4) is 0 Å². The molecule has 1 aromatic rings. The highest BCUT2D eigenvalue weighted by atomic mass is 31.2. The number of phosphoric acid groups is 1. The molecule has 1 aromatic carbocycles. The van der Waals surface area contributed by atoms with Gasteiger partial charge in [0.1, 0.15) is 0 Å². The molecule has 0 aliphatic carbocycles. The molecule has 7 heteroatoms. The van der Waals surface area contributed by atoms with Gasteiger partial charge in [-0.25, -0.2) is 9.36 Å². The van der Waals surface area contributed by atoms with Gasteiger partial charge in [0.2, 0.25) is 0 Å². The van der Waals surface area contributed by atoms with Crippen LogP contribution in [-0.4, -0.2) is 29.0 Å². The number of unbranched alkanes of at least 4 members (excludes halogenated alkanes) is 7. The van der Waals surface area contributed by atoms with Crippen LogP contribution in [0.25, 0.3) is 0 Å². The van der Waals surface area contributed by atoms with Gasteiger partial charge in [-0.3, -0.25) is 4.52 Å². The topological polar surface area (TPSA) is 93.1 Å². The largest absolute Gasteiger partial charge is 0.469 e. The Morgan fingerprint density at radius 2 is 1.33 bits per heavy atom. The number of carbonyl (C=O) groups excluding carboxylic acids is 1. The molecule has 0 heterocycles. The van der Waals surface area contributed by atoms with Gasteiger partial charge < -0.3 is 14.5 Å². The lowest BCUT2D eigenvalue weighted by Gasteiger charge is -2.06. The molecule has 0 fully saturated rings. The van der Waals surface area contributed by atoms with E-state index >= 15 is 0 Å². The van der Waals surface area contributed by atoms with E-state index in [4.69, 9.17) is 14.5 Å². The molecule has 0 bridgehead atoms. The van der Waals surface area contributed by atoms with Crippen molar-refractivity contribution in [3.05, 3.63) is 35.9 Å². The number of benzene rings is 1. The molecular weight excluding hydrogens is 331 g/mol. The minimum atomic E-state index is -4.31. The second-order valence-corrected chi connectivity index (χ2v) is 6.89. The lowest BCUT2D eigenvalue weighted by molar-refractivity contribution is 0.0497. The maximum absolute atomic E-state index is 11.7. The zero-order chi connectivity index (χ0) is 17.7. The first kappa shape index (κ1) is 20.8. The minimum absolute atomic E-state index is 0.108. The lowest BCUT2D eigenvalue weighted by atomic mass is 10.1. The number of phosphoric ester groups is 1. The second kappa shape index (κ2) is 12.2. The molecule has 0 aromatic heterocycles. The predicted octanol–water partition coefficient (Wildman–Crippen LogP) is 4.07. The summed E-state index contributed by atoms with van der Waals surface area (Å²) >= 11 is 0. The van der Waals surface area contributed by atoms with Crippen LogP contribution in [0.1, 0.15) is 61.7 Å². The number of carbonyl (C=O) groups is 1. The zero-order valence-corrected chi connectivity index (χ0v) is 14.8. The fraction of sp³-hybridized carbons (Fsp3) is 0.588. The summed E-state index contributed by atoms with van der Waals surface area (Å²) in [6.07, 6.45) is 7.83. The fourth-order valence-electron chi connectivity index (χ4n) is 2.27. The molecule has 0 amide bonds. The van der Waals surface area contributed by atoms with E-state index in [0.29, 0.717) is 18.6 Å². The summed E-state index contributed by atoms with van der Waals surface area (Å²) in [5.74, 6) is -0.270. The third-order valence-corrected chi connectivity index (χ3v) is 4.06. The predicted molar refractivity (Wildman–Crippen MR) is 91.7 cm³/mol. The fourth-order valence-corrected chi connectivity index (χ4v) is 2.64. The molecular formula is C17H27O6P. The minimum Gasteiger partial charge on any atom is -0.462 e. The van der Waals surface area contributed by atoms with Crippen LogP contribution in [0.4, 0.5) is 0 Å². The van der Waals surface area contributed by atoms with Crippen LogP contribution < -0.4 is 0 Å². The van der Waals surface area contributed by atoms with Gasteiger partial charge >= 0.3 is 13.8 Å². The van der Waals surface area contributed by atoms with Gasteiger partial charge in [0.05, 0.1) is 18.8 Å². The Morgan fingerprint density at radius 1 is 0.833 bits per heavy atom. The van der Waals surface area contributed by atoms with Crippen molar-refractivity contribution in [3.63, 3.8) is 0 Å². The molecule has 136 valence electrons. The van der Waals surface area contributed by atoms with E-state index in [1.807, 2.05) is 18.2 Å². The average molecular weight is 358 g/mol. The first-order chi connectivity index (χ1) is 11.5. The highest BCUT2D eigenvalue weighted by molar-refractivity contribution is 7.46. The second-order valence-electron chi connectivity index (χ2n) is 5.65. The van der Waals surface area contributed by atoms with Crippen molar-refractivity contribution >= 4 is 13.8 Å². The third kappa shape index (κ3) is 11.4. The Balaban J connectivity index is 1.86. The monoisotopic (exact) mass is 358 g/mol. The number of hydrogen-bond acceptors (Lipinski definition) is 4. The van der Waals surface area contributed by atoms with E-state index in [9.17, 15) is 9.36 Å². The number of rotatable bonds is 13. The number of ether oxygens (including phenoxy) is 1. The molecule has 0 saturated carbocycles. The van der Waals surface area contributed by atoms with Crippen molar-refractivity contribution < 1.29 is 28.4 Å². The van der Waals surface area contributed by atoms with Crippen LogP contribution >= 0.6 is 7.82 Å². The Bertz CT molecular complexity index is 499. The van der Waals surface area contributed by atoms with Gasteiger partial charge in [-0.15, -0.1) is 0 Å². The summed E-state index contributed by atoms with van der Waals surface area (Å²) in [6.45, 7) is 0.560. The highest BCUT2D eigenvalue weighted by Gasteiger charge is 2.12. The average Bonchev–Trinajstić information content (AvgIpc) is 2.55. The van der Waals surface area contributed by atoms with E-state index in [1.165, 1.54) is 0 Å². The maximum atomic E-state index is 11.7. The molecule has 6 nitrogen and oxygen atoms in total. The Hall–Kier alpha value is -1.20. The molecule has 1 rings (SSSR count). The molecule has 0 spiro atoms. The van der Waals surface area contributed by atoms with Crippen molar-refractivity contribution in [2.24, 2.45) is 0 Å². The number of esters is 1. The van der Waals surface area contributed by atoms with Crippen LogP contribution in [0.15, 0.2) is 30.3 Å². The molecule has 0 aliphatic heterocycles. The van der Waals surface area contributed by atoms with Gasteiger partial charge in [-0.2, -0.15) is 0 Å². The van der Waals surface area contributed by atoms with Gasteiger partial charge in [-0.1, -0.05) is 56.7 Å². The summed E-state index contributed by atoms with van der Waals surface area (Å²) in [6, 6.07) is 8.98. The summed E-state index contributed by atoms with van der Waals surface area (Å²) in [5.41, 5.74) is 0.584. The first-order valence-corrected chi connectivity index (χ1v) is 9.94. The maximum Gasteiger partial charge on any atom is 0.469 e. The van der Waals surface area contributed by atoms with Gasteiger partial charge in [0.25, 0.3) is 0 Å². The van der Waals surface area contributed by atoms with Crippen molar-refractivity contribution in [2.45, 2.75) is 51.4 Å². The van der Waals surface area contributed by atoms with Crippen LogP contribution in [0, 0.1) is 0 Å². The van der Waals surface area contributed by atoms with E-state index in [-0.39, 0.29) is 12.6 Å². The summed E-state index contributed by atoms with van der Waals surface area (Å²) in [4.78, 5) is 28.7. The molecule has 2 N–H and O–H groups in total. The third-order valence-electron chi connectivity index (χ3n) is 3.54. The van der Waals surface area contributed by atoms with E-state index in [2.05, 4.69) is 4.52 Å². The SMILES string of the molecule is O=C(OCCCCCCCCCCOP(=O)(O)O)c1ccccc1. The van der Waals surface area contributed by atoms with Crippen molar-refractivity contribution in [1.29, 1.82) is 0 Å².